The van der Waals surface area contributed by atoms with E-state index in [0.717, 1.165) is 4.47 Å². The monoisotopic (exact) mass is 328 g/mol. The van der Waals surface area contributed by atoms with Crippen LogP contribution in [0.3, 0.4) is 0 Å². The van der Waals surface area contributed by atoms with Gasteiger partial charge in [-0.2, -0.15) is 0 Å². The molecular weight excluding hydrogens is 316 g/mol. The molecule has 0 aliphatic rings. The van der Waals surface area contributed by atoms with Crippen molar-refractivity contribution in [1.82, 2.24) is 5.43 Å². The highest BCUT2D eigenvalue weighted by Crippen LogP contribution is 2.15. The number of hydrazine groups is 1. The van der Waals surface area contributed by atoms with E-state index >= 15 is 0 Å². The van der Waals surface area contributed by atoms with Crippen LogP contribution in [0.4, 0.5) is 5.69 Å². The zero-order chi connectivity index (χ0) is 14.3. The Labute approximate surface area is 118 Å². The van der Waals surface area contributed by atoms with Crippen LogP contribution in [0.15, 0.2) is 40.5 Å². The molecule has 0 heterocycles. The summed E-state index contributed by atoms with van der Waals surface area (Å²) >= 11 is 3.29. The summed E-state index contributed by atoms with van der Waals surface area (Å²) in [5, 5.41) is 17.4. The van der Waals surface area contributed by atoms with Gasteiger partial charge in [0.2, 0.25) is 0 Å². The Morgan fingerprint density at radius 1 is 1.32 bits per heavy atom. The summed E-state index contributed by atoms with van der Waals surface area (Å²) in [6.07, 6.45) is 1.35. The van der Waals surface area contributed by atoms with Crippen molar-refractivity contribution in [2.24, 2.45) is 0 Å². The molecule has 4 N–H and O–H groups in total. The quantitative estimate of drug-likeness (QED) is 0.452. The normalized spacial score (nSPS) is 10.9. The average molecular weight is 329 g/mol. The van der Waals surface area contributed by atoms with E-state index in [1.807, 2.05) is 6.07 Å². The van der Waals surface area contributed by atoms with Gasteiger partial charge in [-0.25, -0.2) is 4.79 Å². The number of nitrogens with one attached hydrogen (secondary N) is 2. The summed E-state index contributed by atoms with van der Waals surface area (Å²) in [4.78, 5) is 21.3. The van der Waals surface area contributed by atoms with Crippen LogP contribution in [0.1, 0.15) is 12.8 Å². The second kappa shape index (κ2) is 7.42. The molecule has 0 unspecified atom stereocenters. The third-order valence-corrected chi connectivity index (χ3v) is 2.60. The van der Waals surface area contributed by atoms with Crippen LogP contribution in [-0.2, 0) is 9.59 Å². The SMILES string of the molecule is O=C(O)CC/C=C(\NNc1cccc(Br)c1)C(=O)O. The lowest BCUT2D eigenvalue weighted by Crippen LogP contribution is -2.26. The van der Waals surface area contributed by atoms with Crippen molar-refractivity contribution in [3.05, 3.63) is 40.5 Å². The molecular formula is C12H13BrN2O4. The van der Waals surface area contributed by atoms with Gasteiger partial charge in [0, 0.05) is 10.9 Å². The number of benzene rings is 1. The van der Waals surface area contributed by atoms with Crippen LogP contribution in [0.25, 0.3) is 0 Å². The first-order valence-corrected chi connectivity index (χ1v) is 6.21. The smallest absolute Gasteiger partial charge is 0.353 e. The van der Waals surface area contributed by atoms with Gasteiger partial charge in [-0.15, -0.1) is 0 Å². The summed E-state index contributed by atoms with van der Waals surface area (Å²) in [6.45, 7) is 0. The van der Waals surface area contributed by atoms with Crippen molar-refractivity contribution in [2.75, 3.05) is 5.43 Å². The maximum atomic E-state index is 10.9. The minimum Gasteiger partial charge on any atom is -0.481 e. The molecule has 0 aliphatic heterocycles. The predicted molar refractivity (Wildman–Crippen MR) is 73.5 cm³/mol. The van der Waals surface area contributed by atoms with Gasteiger partial charge >= 0.3 is 11.9 Å². The molecule has 0 spiro atoms. The molecule has 0 radical (unpaired) electrons. The van der Waals surface area contributed by atoms with Crippen LogP contribution in [0.5, 0.6) is 0 Å². The largest absolute Gasteiger partial charge is 0.481 e. The number of carboxylic acids is 2. The molecule has 0 saturated carbocycles. The Hall–Kier alpha value is -2.02. The maximum absolute atomic E-state index is 10.9. The van der Waals surface area contributed by atoms with E-state index in [1.54, 1.807) is 18.2 Å². The minimum atomic E-state index is -1.16. The van der Waals surface area contributed by atoms with E-state index in [2.05, 4.69) is 26.8 Å². The topological polar surface area (TPSA) is 98.7 Å². The highest BCUT2D eigenvalue weighted by Gasteiger charge is 2.06. The summed E-state index contributed by atoms with van der Waals surface area (Å²) < 4.78 is 0.853. The van der Waals surface area contributed by atoms with Crippen LogP contribution < -0.4 is 10.9 Å². The van der Waals surface area contributed by atoms with Crippen molar-refractivity contribution in [1.29, 1.82) is 0 Å². The molecule has 1 aromatic rings. The number of halogens is 1. The lowest BCUT2D eigenvalue weighted by atomic mass is 10.2. The molecule has 1 rings (SSSR count). The zero-order valence-electron chi connectivity index (χ0n) is 9.89. The molecule has 0 aliphatic carbocycles. The average Bonchev–Trinajstić information content (AvgIpc) is 2.32. The van der Waals surface area contributed by atoms with Gasteiger partial charge in [-0.05, 0) is 24.6 Å². The molecule has 102 valence electrons. The van der Waals surface area contributed by atoms with E-state index < -0.39 is 11.9 Å². The summed E-state index contributed by atoms with van der Waals surface area (Å²) in [5.74, 6) is -2.13. The predicted octanol–water partition coefficient (Wildman–Crippen LogP) is 2.20. The zero-order valence-corrected chi connectivity index (χ0v) is 11.5. The lowest BCUT2D eigenvalue weighted by molar-refractivity contribution is -0.137. The number of anilines is 1. The highest BCUT2D eigenvalue weighted by molar-refractivity contribution is 9.10. The Morgan fingerprint density at radius 2 is 2.05 bits per heavy atom. The lowest BCUT2D eigenvalue weighted by Gasteiger charge is -2.10. The number of rotatable bonds is 7. The number of hydrogen-bond donors (Lipinski definition) is 4. The second-order valence-corrected chi connectivity index (χ2v) is 4.53. The fourth-order valence-corrected chi connectivity index (χ4v) is 1.64. The van der Waals surface area contributed by atoms with E-state index in [1.165, 1.54) is 6.08 Å². The molecule has 6 nitrogen and oxygen atoms in total. The third kappa shape index (κ3) is 5.91. The van der Waals surface area contributed by atoms with Crippen LogP contribution in [-0.4, -0.2) is 22.2 Å². The van der Waals surface area contributed by atoms with E-state index in [0.29, 0.717) is 5.69 Å². The minimum absolute atomic E-state index is 0.0961. The van der Waals surface area contributed by atoms with Crippen molar-refractivity contribution < 1.29 is 19.8 Å². The maximum Gasteiger partial charge on any atom is 0.353 e. The van der Waals surface area contributed by atoms with Crippen molar-refractivity contribution in [2.45, 2.75) is 12.8 Å². The fraction of sp³-hybridized carbons (Fsp3) is 0.167. The summed E-state index contributed by atoms with van der Waals surface area (Å²) in [7, 11) is 0. The molecule has 0 saturated heterocycles. The molecule has 0 fully saturated rings. The van der Waals surface area contributed by atoms with Gasteiger partial charge in [-0.1, -0.05) is 28.1 Å². The van der Waals surface area contributed by atoms with Gasteiger partial charge in [0.25, 0.3) is 0 Å². The Bertz CT molecular complexity index is 502. The first-order chi connectivity index (χ1) is 8.99. The molecule has 7 heteroatoms. The molecule has 1 aromatic carbocycles. The number of carbonyl (C=O) groups is 2. The van der Waals surface area contributed by atoms with Crippen molar-refractivity contribution in [3.8, 4) is 0 Å². The molecule has 0 bridgehead atoms. The van der Waals surface area contributed by atoms with E-state index in [4.69, 9.17) is 10.2 Å². The molecule has 19 heavy (non-hydrogen) atoms. The standard InChI is InChI=1S/C12H13BrN2O4/c13-8-3-1-4-9(7-8)14-15-10(12(18)19)5-2-6-11(16)17/h1,3-5,7,14-15H,2,6H2,(H,16,17)(H,18,19)/b10-5-. The Balaban J connectivity index is 2.59. The number of aliphatic carboxylic acids is 2. The summed E-state index contributed by atoms with van der Waals surface area (Å²) in [6, 6.07) is 7.16. The number of allylic oxidation sites excluding steroid dienone is 1. The number of carboxylic acid groups (broad SMARTS) is 2. The molecule has 0 aromatic heterocycles. The highest BCUT2D eigenvalue weighted by atomic mass is 79.9. The van der Waals surface area contributed by atoms with Crippen LogP contribution in [0, 0.1) is 0 Å². The van der Waals surface area contributed by atoms with Gasteiger partial charge < -0.3 is 15.6 Å². The van der Waals surface area contributed by atoms with Gasteiger partial charge in [-0.3, -0.25) is 10.2 Å². The second-order valence-electron chi connectivity index (χ2n) is 3.62. The van der Waals surface area contributed by atoms with Gasteiger partial charge in [0.15, 0.2) is 0 Å². The molecule has 0 atom stereocenters. The van der Waals surface area contributed by atoms with Crippen molar-refractivity contribution in [3.63, 3.8) is 0 Å². The third-order valence-electron chi connectivity index (χ3n) is 2.10. The number of hydrogen-bond acceptors (Lipinski definition) is 4. The Morgan fingerprint density at radius 3 is 2.63 bits per heavy atom. The molecule has 0 amide bonds. The van der Waals surface area contributed by atoms with E-state index in [-0.39, 0.29) is 18.5 Å². The fourth-order valence-electron chi connectivity index (χ4n) is 1.24. The van der Waals surface area contributed by atoms with Gasteiger partial charge in [0.1, 0.15) is 5.70 Å². The van der Waals surface area contributed by atoms with E-state index in [9.17, 15) is 9.59 Å². The Kier molecular flexibility index (Phi) is 5.87. The van der Waals surface area contributed by atoms with Crippen LogP contribution >= 0.6 is 15.9 Å². The first kappa shape index (κ1) is 15.0. The van der Waals surface area contributed by atoms with Crippen LogP contribution in [0.2, 0.25) is 0 Å². The van der Waals surface area contributed by atoms with Crippen molar-refractivity contribution >= 4 is 33.6 Å². The summed E-state index contributed by atoms with van der Waals surface area (Å²) in [5.41, 5.74) is 5.85. The first-order valence-electron chi connectivity index (χ1n) is 5.42. The van der Waals surface area contributed by atoms with Gasteiger partial charge in [0.05, 0.1) is 5.69 Å².